The van der Waals surface area contributed by atoms with Crippen LogP contribution in [0.4, 0.5) is 5.82 Å². The fraction of sp³-hybridized carbons (Fsp3) is 0.269. The lowest BCUT2D eigenvalue weighted by Crippen LogP contribution is -2.31. The van der Waals surface area contributed by atoms with Crippen molar-refractivity contribution in [2.75, 3.05) is 11.9 Å². The van der Waals surface area contributed by atoms with Crippen LogP contribution < -0.4 is 11.1 Å². The van der Waals surface area contributed by atoms with Gasteiger partial charge in [0.05, 0.1) is 5.39 Å². The standard InChI is InChI=1S/C26H25N5S2/c27-18(13-17-15-32-21-7-3-1-5-19(17)21)14-29-25-23-20-6-2-4-8-22(20)33-26(23)31-24(30-25)16-9-11-28-12-10-16/h1,3,5,7,9-12,15,18H,2,4,6,8,13-14,27H2,(H,29,30,31)/t18-/m0/s1. The Bertz CT molecular complexity index is 1420. The van der Waals surface area contributed by atoms with Gasteiger partial charge < -0.3 is 11.1 Å². The first-order chi connectivity index (χ1) is 16.3. The second-order valence-corrected chi connectivity index (χ2v) is 10.6. The highest BCUT2D eigenvalue weighted by Gasteiger charge is 2.22. The highest BCUT2D eigenvalue weighted by atomic mass is 32.1. The lowest BCUT2D eigenvalue weighted by molar-refractivity contribution is 0.697. The number of hydrogen-bond acceptors (Lipinski definition) is 7. The third-order valence-electron chi connectivity index (χ3n) is 6.33. The molecule has 0 fully saturated rings. The minimum Gasteiger partial charge on any atom is -0.368 e. The maximum absolute atomic E-state index is 6.60. The lowest BCUT2D eigenvalue weighted by atomic mass is 9.97. The summed E-state index contributed by atoms with van der Waals surface area (Å²) in [5, 5.41) is 8.36. The van der Waals surface area contributed by atoms with Gasteiger partial charge in [0, 0.05) is 40.1 Å². The minimum absolute atomic E-state index is 0.00754. The van der Waals surface area contributed by atoms with Crippen molar-refractivity contribution < 1.29 is 0 Å². The van der Waals surface area contributed by atoms with Gasteiger partial charge in [-0.25, -0.2) is 9.97 Å². The van der Waals surface area contributed by atoms with Crippen LogP contribution in [0.1, 0.15) is 28.8 Å². The molecule has 0 saturated heterocycles. The Hall–Kier alpha value is -2.87. The number of anilines is 1. The van der Waals surface area contributed by atoms with Gasteiger partial charge in [-0.3, -0.25) is 4.98 Å². The number of rotatable bonds is 6. The Balaban J connectivity index is 1.31. The Labute approximate surface area is 200 Å². The van der Waals surface area contributed by atoms with Crippen LogP contribution in [-0.4, -0.2) is 27.5 Å². The van der Waals surface area contributed by atoms with Gasteiger partial charge in [0.2, 0.25) is 0 Å². The number of pyridine rings is 1. The molecule has 4 heterocycles. The lowest BCUT2D eigenvalue weighted by Gasteiger charge is -2.16. The average molecular weight is 472 g/mol. The first-order valence-corrected chi connectivity index (χ1v) is 13.1. The molecule has 166 valence electrons. The van der Waals surface area contributed by atoms with Crippen molar-refractivity contribution in [1.82, 2.24) is 15.0 Å². The molecular weight excluding hydrogens is 446 g/mol. The van der Waals surface area contributed by atoms with Crippen molar-refractivity contribution in [3.05, 3.63) is 70.2 Å². The quantitative estimate of drug-likeness (QED) is 0.326. The number of nitrogens with zero attached hydrogens (tertiary/aromatic N) is 3. The predicted octanol–water partition coefficient (Wildman–Crippen LogP) is 5.83. The van der Waals surface area contributed by atoms with Crippen molar-refractivity contribution in [2.24, 2.45) is 5.73 Å². The Morgan fingerprint density at radius 1 is 1.03 bits per heavy atom. The summed E-state index contributed by atoms with van der Waals surface area (Å²) >= 11 is 3.61. The maximum atomic E-state index is 6.60. The van der Waals surface area contributed by atoms with E-state index in [0.717, 1.165) is 41.3 Å². The van der Waals surface area contributed by atoms with E-state index in [4.69, 9.17) is 15.7 Å². The van der Waals surface area contributed by atoms with E-state index in [1.54, 1.807) is 23.7 Å². The van der Waals surface area contributed by atoms with Crippen LogP contribution in [0.3, 0.4) is 0 Å². The molecule has 1 aliphatic carbocycles. The molecule has 0 aliphatic heterocycles. The van der Waals surface area contributed by atoms with Crippen molar-refractivity contribution in [2.45, 2.75) is 38.1 Å². The molecule has 0 radical (unpaired) electrons. The fourth-order valence-corrected chi connectivity index (χ4v) is 6.93. The molecule has 5 nitrogen and oxygen atoms in total. The summed E-state index contributed by atoms with van der Waals surface area (Å²) in [7, 11) is 0. The molecule has 0 bridgehead atoms. The van der Waals surface area contributed by atoms with Crippen LogP contribution in [0.25, 0.3) is 31.7 Å². The number of thiophene rings is 2. The molecule has 1 atom stereocenters. The number of hydrogen-bond donors (Lipinski definition) is 2. The fourth-order valence-electron chi connectivity index (χ4n) is 4.69. The molecule has 7 heteroatoms. The number of fused-ring (bicyclic) bond motifs is 4. The van der Waals surface area contributed by atoms with Gasteiger partial charge in [-0.2, -0.15) is 0 Å². The highest BCUT2D eigenvalue weighted by molar-refractivity contribution is 7.19. The number of benzene rings is 1. The van der Waals surface area contributed by atoms with Gasteiger partial charge in [-0.15, -0.1) is 22.7 Å². The molecular formula is C26H25N5S2. The smallest absolute Gasteiger partial charge is 0.163 e. The van der Waals surface area contributed by atoms with Gasteiger partial charge in [0.15, 0.2) is 5.82 Å². The van der Waals surface area contributed by atoms with E-state index in [-0.39, 0.29) is 6.04 Å². The molecule has 4 aromatic heterocycles. The zero-order valence-electron chi connectivity index (χ0n) is 18.3. The maximum Gasteiger partial charge on any atom is 0.163 e. The molecule has 3 N–H and O–H groups in total. The largest absolute Gasteiger partial charge is 0.368 e. The number of nitrogens with two attached hydrogens (primary N) is 1. The predicted molar refractivity (Wildman–Crippen MR) is 139 cm³/mol. The summed E-state index contributed by atoms with van der Waals surface area (Å²) in [5.74, 6) is 1.65. The van der Waals surface area contributed by atoms with Crippen molar-refractivity contribution in [3.8, 4) is 11.4 Å². The van der Waals surface area contributed by atoms with Crippen molar-refractivity contribution in [1.29, 1.82) is 0 Å². The summed E-state index contributed by atoms with van der Waals surface area (Å²) in [4.78, 5) is 16.6. The molecule has 1 aromatic carbocycles. The van der Waals surface area contributed by atoms with E-state index in [2.05, 4.69) is 39.9 Å². The SMILES string of the molecule is N[C@H](CNc1nc(-c2ccncc2)nc2sc3c(c12)CCCC3)Cc1csc2ccccc12. The van der Waals surface area contributed by atoms with E-state index < -0.39 is 0 Å². The van der Waals surface area contributed by atoms with E-state index >= 15 is 0 Å². The molecule has 0 unspecified atom stereocenters. The van der Waals surface area contributed by atoms with Gasteiger partial charge in [0.1, 0.15) is 10.6 Å². The Morgan fingerprint density at radius 2 is 1.88 bits per heavy atom. The highest BCUT2D eigenvalue weighted by Crippen LogP contribution is 2.39. The first kappa shape index (κ1) is 20.7. The van der Waals surface area contributed by atoms with Crippen LogP contribution in [0.15, 0.2) is 54.2 Å². The number of nitrogens with one attached hydrogen (secondary N) is 1. The number of aryl methyl sites for hydroxylation is 2. The third kappa shape index (κ3) is 4.01. The molecule has 0 spiro atoms. The van der Waals surface area contributed by atoms with Gasteiger partial charge in [-0.1, -0.05) is 18.2 Å². The van der Waals surface area contributed by atoms with Crippen molar-refractivity contribution in [3.63, 3.8) is 0 Å². The summed E-state index contributed by atoms with van der Waals surface area (Å²) < 4.78 is 1.32. The van der Waals surface area contributed by atoms with Gasteiger partial charge in [0.25, 0.3) is 0 Å². The molecule has 5 aromatic rings. The zero-order valence-corrected chi connectivity index (χ0v) is 19.9. The van der Waals surface area contributed by atoms with Crippen LogP contribution in [-0.2, 0) is 19.3 Å². The molecule has 0 amide bonds. The second-order valence-electron chi connectivity index (χ2n) is 8.62. The summed E-state index contributed by atoms with van der Waals surface area (Å²) in [5.41, 5.74) is 10.3. The summed E-state index contributed by atoms with van der Waals surface area (Å²) in [6.45, 7) is 0.663. The summed E-state index contributed by atoms with van der Waals surface area (Å²) in [6, 6.07) is 12.5. The van der Waals surface area contributed by atoms with Crippen LogP contribution in [0.5, 0.6) is 0 Å². The first-order valence-electron chi connectivity index (χ1n) is 11.4. The molecule has 1 aliphatic rings. The second kappa shape index (κ2) is 8.82. The molecule has 0 saturated carbocycles. The Kier molecular flexibility index (Phi) is 5.54. The topological polar surface area (TPSA) is 76.7 Å². The molecule has 33 heavy (non-hydrogen) atoms. The monoisotopic (exact) mass is 471 g/mol. The zero-order chi connectivity index (χ0) is 22.2. The van der Waals surface area contributed by atoms with E-state index in [1.165, 1.54) is 44.3 Å². The minimum atomic E-state index is -0.00754. The third-order valence-corrected chi connectivity index (χ3v) is 8.53. The van der Waals surface area contributed by atoms with Gasteiger partial charge >= 0.3 is 0 Å². The average Bonchev–Trinajstić information content (AvgIpc) is 3.44. The molecule has 6 rings (SSSR count). The van der Waals surface area contributed by atoms with Crippen LogP contribution in [0, 0.1) is 0 Å². The Morgan fingerprint density at radius 3 is 2.79 bits per heavy atom. The van der Waals surface area contributed by atoms with Crippen LogP contribution in [0.2, 0.25) is 0 Å². The number of aromatic nitrogens is 3. The summed E-state index contributed by atoms with van der Waals surface area (Å²) in [6.07, 6.45) is 9.15. The van der Waals surface area contributed by atoms with E-state index in [1.807, 2.05) is 23.5 Å². The van der Waals surface area contributed by atoms with Crippen LogP contribution >= 0.6 is 22.7 Å². The van der Waals surface area contributed by atoms with Gasteiger partial charge in [-0.05, 0) is 72.2 Å². The van der Waals surface area contributed by atoms with E-state index in [0.29, 0.717) is 6.54 Å². The normalized spacial score (nSPS) is 14.5. The van der Waals surface area contributed by atoms with Crippen molar-refractivity contribution >= 4 is 48.8 Å². The van der Waals surface area contributed by atoms with E-state index in [9.17, 15) is 0 Å².